The van der Waals surface area contributed by atoms with Crippen molar-refractivity contribution in [3.8, 4) is 0 Å². The van der Waals surface area contributed by atoms with E-state index in [0.29, 0.717) is 6.42 Å². The number of carbonyl (C=O) groups is 1. The van der Waals surface area contributed by atoms with E-state index in [1.165, 1.54) is 0 Å². The van der Waals surface area contributed by atoms with Gasteiger partial charge in [0, 0.05) is 5.92 Å². The molecule has 14 heavy (non-hydrogen) atoms. The van der Waals surface area contributed by atoms with E-state index in [-0.39, 0.29) is 17.4 Å². The van der Waals surface area contributed by atoms with Gasteiger partial charge in [-0.15, -0.1) is 0 Å². The molecule has 2 atom stereocenters. The first-order valence-corrected chi connectivity index (χ1v) is 4.34. The number of amides is 1. The van der Waals surface area contributed by atoms with Crippen LogP contribution < -0.4 is 5.73 Å². The van der Waals surface area contributed by atoms with Crippen molar-refractivity contribution in [3.05, 3.63) is 35.4 Å². The van der Waals surface area contributed by atoms with Crippen molar-refractivity contribution in [1.29, 1.82) is 0 Å². The molecular weight excluding hydrogens is 188 g/mol. The highest BCUT2D eigenvalue weighted by atomic mass is 19.1. The summed E-state index contributed by atoms with van der Waals surface area (Å²) in [7, 11) is 0. The molecule has 4 heteroatoms. The normalized spacial score (nSPS) is 24.7. The van der Waals surface area contributed by atoms with Gasteiger partial charge in [0.15, 0.2) is 0 Å². The summed E-state index contributed by atoms with van der Waals surface area (Å²) in [5.41, 5.74) is 5.32. The zero-order valence-corrected chi connectivity index (χ0v) is 7.34. The van der Waals surface area contributed by atoms with Gasteiger partial charge in [-0.25, -0.2) is 8.78 Å². The molecule has 0 aliphatic heterocycles. The lowest BCUT2D eigenvalue weighted by atomic mass is 10.1. The lowest BCUT2D eigenvalue weighted by molar-refractivity contribution is -0.119. The maximum absolute atomic E-state index is 13.2. The van der Waals surface area contributed by atoms with Crippen molar-refractivity contribution < 1.29 is 13.6 Å². The van der Waals surface area contributed by atoms with Gasteiger partial charge in [-0.2, -0.15) is 0 Å². The van der Waals surface area contributed by atoms with Crippen molar-refractivity contribution in [2.75, 3.05) is 0 Å². The molecule has 0 radical (unpaired) electrons. The van der Waals surface area contributed by atoms with Crippen molar-refractivity contribution in [2.45, 2.75) is 12.3 Å². The van der Waals surface area contributed by atoms with E-state index in [1.54, 1.807) is 0 Å². The molecule has 1 saturated carbocycles. The zero-order valence-electron chi connectivity index (χ0n) is 7.34. The van der Waals surface area contributed by atoms with Crippen LogP contribution in [0.5, 0.6) is 0 Å². The Balaban J connectivity index is 2.26. The molecule has 0 heterocycles. The first kappa shape index (κ1) is 9.12. The number of carbonyl (C=O) groups excluding carboxylic acids is 1. The summed E-state index contributed by atoms with van der Waals surface area (Å²) in [6.45, 7) is 0. The predicted octanol–water partition coefficient (Wildman–Crippen LogP) is 1.55. The zero-order chi connectivity index (χ0) is 10.3. The molecule has 0 bridgehead atoms. The van der Waals surface area contributed by atoms with Gasteiger partial charge in [-0.05, 0) is 36.1 Å². The van der Waals surface area contributed by atoms with E-state index in [9.17, 15) is 13.6 Å². The first-order valence-electron chi connectivity index (χ1n) is 4.34. The van der Waals surface area contributed by atoms with Gasteiger partial charge in [-0.1, -0.05) is 0 Å². The van der Waals surface area contributed by atoms with E-state index in [1.807, 2.05) is 0 Å². The Morgan fingerprint density at radius 3 is 2.71 bits per heavy atom. The Morgan fingerprint density at radius 1 is 1.43 bits per heavy atom. The van der Waals surface area contributed by atoms with Crippen LogP contribution in [0.1, 0.15) is 17.9 Å². The molecule has 2 rings (SSSR count). The fourth-order valence-electron chi connectivity index (χ4n) is 1.65. The summed E-state index contributed by atoms with van der Waals surface area (Å²) < 4.78 is 26.0. The second kappa shape index (κ2) is 3.04. The number of hydrogen-bond acceptors (Lipinski definition) is 1. The quantitative estimate of drug-likeness (QED) is 0.768. The summed E-state index contributed by atoms with van der Waals surface area (Å²) >= 11 is 0. The minimum absolute atomic E-state index is 0.233. The van der Waals surface area contributed by atoms with Crippen molar-refractivity contribution >= 4 is 5.91 Å². The Bertz CT molecular complexity index is 392. The highest BCUT2D eigenvalue weighted by Crippen LogP contribution is 2.48. The molecule has 1 fully saturated rings. The molecule has 2 N–H and O–H groups in total. The number of primary amides is 1. The molecular formula is C10H9F2NO. The number of hydrogen-bond donors (Lipinski definition) is 1. The average Bonchev–Trinajstić information content (AvgIpc) is 2.88. The Hall–Kier alpha value is -1.45. The molecule has 1 aliphatic rings. The molecule has 1 amide bonds. The monoisotopic (exact) mass is 197 g/mol. The summed E-state index contributed by atoms with van der Waals surface area (Å²) in [5, 5.41) is 0. The predicted molar refractivity (Wildman–Crippen MR) is 46.4 cm³/mol. The Kier molecular flexibility index (Phi) is 1.98. The fourth-order valence-corrected chi connectivity index (χ4v) is 1.65. The van der Waals surface area contributed by atoms with Crippen LogP contribution in [-0.2, 0) is 4.79 Å². The van der Waals surface area contributed by atoms with Gasteiger partial charge < -0.3 is 5.73 Å². The third-order valence-corrected chi connectivity index (χ3v) is 2.51. The fraction of sp³-hybridized carbons (Fsp3) is 0.300. The van der Waals surface area contributed by atoms with Crippen LogP contribution in [0, 0.1) is 17.6 Å². The van der Waals surface area contributed by atoms with Gasteiger partial charge in [-0.3, -0.25) is 4.79 Å². The number of nitrogens with two attached hydrogens (primary N) is 1. The SMILES string of the molecule is NC(=O)[C@@H]1C[C@H]1c1cc(F)ccc1F. The second-order valence-corrected chi connectivity index (χ2v) is 3.52. The second-order valence-electron chi connectivity index (χ2n) is 3.52. The summed E-state index contributed by atoms with van der Waals surface area (Å²) in [5.74, 6) is -1.97. The molecule has 2 nitrogen and oxygen atoms in total. The van der Waals surface area contributed by atoms with Gasteiger partial charge in [0.2, 0.25) is 5.91 Å². The Labute approximate surface area is 79.7 Å². The van der Waals surface area contributed by atoms with Crippen LogP contribution >= 0.6 is 0 Å². The third-order valence-electron chi connectivity index (χ3n) is 2.51. The maximum atomic E-state index is 13.2. The standard InChI is InChI=1S/C10H9F2NO/c11-5-1-2-9(12)7(3-5)6-4-8(6)10(13)14/h1-3,6,8H,4H2,(H2,13,14)/t6-,8+/m0/s1. The largest absolute Gasteiger partial charge is 0.369 e. The van der Waals surface area contributed by atoms with E-state index in [2.05, 4.69) is 0 Å². The third kappa shape index (κ3) is 1.47. The van der Waals surface area contributed by atoms with Gasteiger partial charge in [0.05, 0.1) is 0 Å². The minimum atomic E-state index is -0.489. The summed E-state index contributed by atoms with van der Waals surface area (Å²) in [6.07, 6.45) is 0.524. The topological polar surface area (TPSA) is 43.1 Å². The van der Waals surface area contributed by atoms with Crippen molar-refractivity contribution in [3.63, 3.8) is 0 Å². The molecule has 74 valence electrons. The lowest BCUT2D eigenvalue weighted by Gasteiger charge is -2.00. The van der Waals surface area contributed by atoms with Crippen LogP contribution in [-0.4, -0.2) is 5.91 Å². The summed E-state index contributed by atoms with van der Waals surface area (Å²) in [6, 6.07) is 3.25. The van der Waals surface area contributed by atoms with Crippen LogP contribution in [0.3, 0.4) is 0 Å². The Morgan fingerprint density at radius 2 is 2.14 bits per heavy atom. The summed E-state index contributed by atoms with van der Waals surface area (Å²) in [4.78, 5) is 10.7. The molecule has 1 aromatic carbocycles. The van der Waals surface area contributed by atoms with Crippen LogP contribution in [0.25, 0.3) is 0 Å². The van der Waals surface area contributed by atoms with Crippen molar-refractivity contribution in [1.82, 2.24) is 0 Å². The van der Waals surface area contributed by atoms with Crippen LogP contribution in [0.2, 0.25) is 0 Å². The smallest absolute Gasteiger partial charge is 0.221 e. The van der Waals surface area contributed by atoms with Gasteiger partial charge in [0.1, 0.15) is 11.6 Å². The lowest BCUT2D eigenvalue weighted by Crippen LogP contribution is -2.13. The number of rotatable bonds is 2. The van der Waals surface area contributed by atoms with E-state index < -0.39 is 17.5 Å². The minimum Gasteiger partial charge on any atom is -0.369 e. The highest BCUT2D eigenvalue weighted by molar-refractivity contribution is 5.81. The molecule has 1 aliphatic carbocycles. The van der Waals surface area contributed by atoms with E-state index in [0.717, 1.165) is 18.2 Å². The molecule has 0 saturated heterocycles. The van der Waals surface area contributed by atoms with Crippen molar-refractivity contribution in [2.24, 2.45) is 11.7 Å². The molecule has 0 aromatic heterocycles. The number of benzene rings is 1. The van der Waals surface area contributed by atoms with Gasteiger partial charge >= 0.3 is 0 Å². The highest BCUT2D eigenvalue weighted by Gasteiger charge is 2.44. The molecule has 0 spiro atoms. The molecule has 0 unspecified atom stereocenters. The molecule has 1 aromatic rings. The first-order chi connectivity index (χ1) is 6.59. The van der Waals surface area contributed by atoms with Crippen LogP contribution in [0.15, 0.2) is 18.2 Å². The maximum Gasteiger partial charge on any atom is 0.221 e. The van der Waals surface area contributed by atoms with E-state index >= 15 is 0 Å². The number of halogens is 2. The van der Waals surface area contributed by atoms with Gasteiger partial charge in [0.25, 0.3) is 0 Å². The van der Waals surface area contributed by atoms with E-state index in [4.69, 9.17) is 5.73 Å². The van der Waals surface area contributed by atoms with Crippen LogP contribution in [0.4, 0.5) is 8.78 Å². The average molecular weight is 197 g/mol.